The molecule has 0 bridgehead atoms. The lowest BCUT2D eigenvalue weighted by molar-refractivity contribution is -0.123. The molecule has 3 aromatic rings. The first-order valence-electron chi connectivity index (χ1n) is 9.06. The number of aromatic nitrogens is 1. The van der Waals surface area contributed by atoms with E-state index in [0.29, 0.717) is 0 Å². The number of rotatable bonds is 6. The highest BCUT2D eigenvalue weighted by Crippen LogP contribution is 2.33. The van der Waals surface area contributed by atoms with Crippen LogP contribution in [-0.4, -0.2) is 29.7 Å². The molecular formula is C21H17ClFN3O5. The van der Waals surface area contributed by atoms with Gasteiger partial charge in [-0.1, -0.05) is 53.2 Å². The maximum Gasteiger partial charge on any atom is 0.344 e. The Morgan fingerprint density at radius 2 is 1.87 bits per heavy atom. The van der Waals surface area contributed by atoms with E-state index >= 15 is 0 Å². The maximum atomic E-state index is 14.2. The van der Waals surface area contributed by atoms with Crippen molar-refractivity contribution in [1.29, 1.82) is 0 Å². The Morgan fingerprint density at radius 1 is 1.13 bits per heavy atom. The second-order valence-corrected chi connectivity index (χ2v) is 6.76. The monoisotopic (exact) mass is 445 g/mol. The number of amides is 3. The van der Waals surface area contributed by atoms with Crippen molar-refractivity contribution in [2.75, 3.05) is 6.61 Å². The van der Waals surface area contributed by atoms with E-state index in [1.165, 1.54) is 19.1 Å². The fourth-order valence-electron chi connectivity index (χ4n) is 2.70. The van der Waals surface area contributed by atoms with E-state index in [1.54, 1.807) is 0 Å². The van der Waals surface area contributed by atoms with Crippen LogP contribution in [0.4, 0.5) is 9.18 Å². The van der Waals surface area contributed by atoms with Crippen molar-refractivity contribution in [1.82, 2.24) is 15.8 Å². The number of imide groups is 1. The molecule has 0 saturated heterocycles. The van der Waals surface area contributed by atoms with E-state index in [9.17, 15) is 18.8 Å². The first kappa shape index (κ1) is 22.0. The molecule has 0 aliphatic heterocycles. The SMILES string of the molecule is Cc1onc(-c2c(F)cccc2Cl)c1C(=O)OCC(=O)NC(=O)NCc1ccccc1. The van der Waals surface area contributed by atoms with Crippen molar-refractivity contribution in [3.63, 3.8) is 0 Å². The van der Waals surface area contributed by atoms with Gasteiger partial charge in [0.15, 0.2) is 6.61 Å². The molecule has 0 aliphatic carbocycles. The Bertz CT molecular complexity index is 1100. The minimum absolute atomic E-state index is 0.0233. The first-order chi connectivity index (χ1) is 14.9. The lowest BCUT2D eigenvalue weighted by atomic mass is 10.1. The zero-order valence-corrected chi connectivity index (χ0v) is 17.0. The number of urea groups is 1. The molecule has 31 heavy (non-hydrogen) atoms. The van der Waals surface area contributed by atoms with Crippen LogP contribution in [0.5, 0.6) is 0 Å². The van der Waals surface area contributed by atoms with Crippen LogP contribution in [0.2, 0.25) is 5.02 Å². The molecular weight excluding hydrogens is 429 g/mol. The number of carbonyl (C=O) groups excluding carboxylic acids is 3. The van der Waals surface area contributed by atoms with Crippen LogP contribution in [0, 0.1) is 12.7 Å². The molecule has 1 aromatic heterocycles. The number of aryl methyl sites for hydroxylation is 1. The number of nitrogens with one attached hydrogen (secondary N) is 2. The van der Waals surface area contributed by atoms with Gasteiger partial charge in [-0.25, -0.2) is 14.0 Å². The van der Waals surface area contributed by atoms with Gasteiger partial charge < -0.3 is 14.6 Å². The van der Waals surface area contributed by atoms with Crippen molar-refractivity contribution in [2.45, 2.75) is 13.5 Å². The van der Waals surface area contributed by atoms with E-state index in [4.69, 9.17) is 20.9 Å². The Hall–Kier alpha value is -3.72. The third-order valence-electron chi connectivity index (χ3n) is 4.15. The molecule has 0 spiro atoms. The molecule has 0 aliphatic rings. The molecule has 3 amide bonds. The van der Waals surface area contributed by atoms with E-state index in [0.717, 1.165) is 11.6 Å². The molecule has 2 aromatic carbocycles. The summed E-state index contributed by atoms with van der Waals surface area (Å²) in [5, 5.41) is 8.26. The summed E-state index contributed by atoms with van der Waals surface area (Å²) >= 11 is 6.03. The number of hydrogen-bond donors (Lipinski definition) is 2. The van der Waals surface area contributed by atoms with Gasteiger partial charge in [0.25, 0.3) is 5.91 Å². The zero-order chi connectivity index (χ0) is 22.4. The largest absolute Gasteiger partial charge is 0.452 e. The predicted molar refractivity (Wildman–Crippen MR) is 109 cm³/mol. The smallest absolute Gasteiger partial charge is 0.344 e. The highest BCUT2D eigenvalue weighted by atomic mass is 35.5. The van der Waals surface area contributed by atoms with Crippen LogP contribution >= 0.6 is 11.6 Å². The first-order valence-corrected chi connectivity index (χ1v) is 9.44. The van der Waals surface area contributed by atoms with Gasteiger partial charge in [0, 0.05) is 6.54 Å². The minimum atomic E-state index is -0.979. The van der Waals surface area contributed by atoms with E-state index < -0.39 is 30.3 Å². The summed E-state index contributed by atoms with van der Waals surface area (Å²) in [6.07, 6.45) is 0. The normalized spacial score (nSPS) is 10.4. The Balaban J connectivity index is 1.59. The van der Waals surface area contributed by atoms with Crippen molar-refractivity contribution < 1.29 is 28.0 Å². The van der Waals surface area contributed by atoms with Crippen LogP contribution in [0.1, 0.15) is 21.7 Å². The summed E-state index contributed by atoms with van der Waals surface area (Å²) in [4.78, 5) is 36.2. The van der Waals surface area contributed by atoms with Crippen LogP contribution in [-0.2, 0) is 16.1 Å². The molecule has 160 valence electrons. The Kier molecular flexibility index (Phi) is 6.99. The molecule has 10 heteroatoms. The molecule has 2 N–H and O–H groups in total. The van der Waals surface area contributed by atoms with Crippen LogP contribution in [0.3, 0.4) is 0 Å². The Morgan fingerprint density at radius 3 is 2.58 bits per heavy atom. The number of nitrogens with zero attached hydrogens (tertiary/aromatic N) is 1. The lowest BCUT2D eigenvalue weighted by Crippen LogP contribution is -2.41. The van der Waals surface area contributed by atoms with Gasteiger partial charge in [-0.2, -0.15) is 0 Å². The summed E-state index contributed by atoms with van der Waals surface area (Å²) in [5.41, 5.74) is 0.399. The van der Waals surface area contributed by atoms with Gasteiger partial charge in [0.2, 0.25) is 0 Å². The second-order valence-electron chi connectivity index (χ2n) is 6.35. The number of carbonyl (C=O) groups is 3. The van der Waals surface area contributed by atoms with Crippen LogP contribution in [0.25, 0.3) is 11.3 Å². The molecule has 0 fully saturated rings. The number of hydrogen-bond acceptors (Lipinski definition) is 6. The van der Waals surface area contributed by atoms with Gasteiger partial charge in [0.05, 0.1) is 10.6 Å². The fraction of sp³-hybridized carbons (Fsp3) is 0.143. The van der Waals surface area contributed by atoms with Gasteiger partial charge in [-0.05, 0) is 24.6 Å². The quantitative estimate of drug-likeness (QED) is 0.560. The predicted octanol–water partition coefficient (Wildman–Crippen LogP) is 3.63. The van der Waals surface area contributed by atoms with Crippen LogP contribution < -0.4 is 10.6 Å². The van der Waals surface area contributed by atoms with Gasteiger partial charge in [-0.3, -0.25) is 10.1 Å². The number of halogens is 2. The summed E-state index contributed by atoms with van der Waals surface area (Å²) in [5.74, 6) is -2.48. The third-order valence-corrected chi connectivity index (χ3v) is 4.46. The fourth-order valence-corrected chi connectivity index (χ4v) is 2.95. The summed E-state index contributed by atoms with van der Waals surface area (Å²) in [7, 11) is 0. The Labute approximate surface area is 181 Å². The van der Waals surface area contributed by atoms with Gasteiger partial charge >= 0.3 is 12.0 Å². The molecule has 3 rings (SSSR count). The number of benzene rings is 2. The standard InChI is InChI=1S/C21H17ClFN3O5/c1-12-17(19(26-31-12)18-14(22)8-5-9-15(18)23)20(28)30-11-16(27)25-21(29)24-10-13-6-3-2-4-7-13/h2-9H,10-11H2,1H3,(H2,24,25,27,29). The minimum Gasteiger partial charge on any atom is -0.452 e. The average molecular weight is 446 g/mol. The topological polar surface area (TPSA) is 111 Å². The highest BCUT2D eigenvalue weighted by Gasteiger charge is 2.27. The van der Waals surface area contributed by atoms with Crippen LogP contribution in [0.15, 0.2) is 53.1 Å². The molecule has 8 nitrogen and oxygen atoms in total. The zero-order valence-electron chi connectivity index (χ0n) is 16.3. The molecule has 0 saturated carbocycles. The van der Waals surface area contributed by atoms with Crippen molar-refractivity contribution in [2.24, 2.45) is 0 Å². The maximum absolute atomic E-state index is 14.2. The van der Waals surface area contributed by atoms with Crippen molar-refractivity contribution in [3.8, 4) is 11.3 Å². The van der Waals surface area contributed by atoms with E-state index in [1.807, 2.05) is 35.6 Å². The number of ether oxygens (including phenoxy) is 1. The summed E-state index contributed by atoms with van der Waals surface area (Å²) < 4.78 is 24.1. The third kappa shape index (κ3) is 5.46. The molecule has 0 unspecified atom stereocenters. The second kappa shape index (κ2) is 9.86. The highest BCUT2D eigenvalue weighted by molar-refractivity contribution is 6.33. The molecule has 1 heterocycles. The average Bonchev–Trinajstić information content (AvgIpc) is 3.12. The molecule has 0 atom stereocenters. The van der Waals surface area contributed by atoms with E-state index in [-0.39, 0.29) is 34.1 Å². The van der Waals surface area contributed by atoms with Gasteiger partial charge in [0.1, 0.15) is 22.8 Å². The van der Waals surface area contributed by atoms with Crippen molar-refractivity contribution in [3.05, 3.63) is 76.3 Å². The number of esters is 1. The summed E-state index contributed by atoms with van der Waals surface area (Å²) in [6.45, 7) is 0.901. The summed E-state index contributed by atoms with van der Waals surface area (Å²) in [6, 6.07) is 12.3. The lowest BCUT2D eigenvalue weighted by Gasteiger charge is -2.08. The van der Waals surface area contributed by atoms with Crippen molar-refractivity contribution >= 4 is 29.5 Å². The molecule has 0 radical (unpaired) electrons. The van der Waals surface area contributed by atoms with E-state index in [2.05, 4.69) is 10.5 Å². The van der Waals surface area contributed by atoms with Gasteiger partial charge in [-0.15, -0.1) is 0 Å².